The molecule has 4 heavy (non-hydrogen) atoms. The van der Waals surface area contributed by atoms with E-state index in [1.54, 1.807) is 0 Å². The third-order valence-corrected chi connectivity index (χ3v) is 0. The van der Waals surface area contributed by atoms with E-state index >= 15 is 0 Å². The molecule has 0 heterocycles. The molecule has 0 aromatic carbocycles. The summed E-state index contributed by atoms with van der Waals surface area (Å²) in [6.45, 7) is -0.250. The monoisotopic (exact) mass is 110 g/mol. The third kappa shape index (κ3) is 287. The standard InChI is InChI=1S/CH2O2.Zn/c2-1-3;/h1H,(H,2,3);. The number of rotatable bonds is 0. The molecule has 0 radical (unpaired) electrons. The number of carboxylic acid groups (broad SMARTS) is 1. The van der Waals surface area contributed by atoms with Gasteiger partial charge in [-0.15, -0.1) is 0 Å². The van der Waals surface area contributed by atoms with Gasteiger partial charge in [-0.2, -0.15) is 0 Å². The van der Waals surface area contributed by atoms with Crippen LogP contribution in [0.15, 0.2) is 0 Å². The smallest absolute Gasteiger partial charge is 0.290 e. The van der Waals surface area contributed by atoms with Gasteiger partial charge in [0, 0.05) is 19.5 Å². The van der Waals surface area contributed by atoms with Crippen molar-refractivity contribution in [3.63, 3.8) is 0 Å². The molecule has 0 amide bonds. The Hall–Kier alpha value is 0.0934. The molecule has 0 saturated heterocycles. The van der Waals surface area contributed by atoms with E-state index in [-0.39, 0.29) is 26.0 Å². The fourth-order valence-corrected chi connectivity index (χ4v) is 0. The van der Waals surface area contributed by atoms with E-state index in [9.17, 15) is 0 Å². The SMILES string of the molecule is O=CO.[Zn]. The Balaban J connectivity index is 0. The largest absolute Gasteiger partial charge is 0.483 e. The van der Waals surface area contributed by atoms with Crippen LogP contribution in [0.4, 0.5) is 0 Å². The Morgan fingerprint density at radius 2 is 1.75 bits per heavy atom. The Morgan fingerprint density at radius 1 is 1.75 bits per heavy atom. The summed E-state index contributed by atoms with van der Waals surface area (Å²) in [5.74, 6) is 0. The van der Waals surface area contributed by atoms with Gasteiger partial charge in [-0.25, -0.2) is 0 Å². The van der Waals surface area contributed by atoms with Crippen LogP contribution < -0.4 is 0 Å². The van der Waals surface area contributed by atoms with Crippen molar-refractivity contribution in [2.45, 2.75) is 0 Å². The maximum atomic E-state index is 8.36. The van der Waals surface area contributed by atoms with Crippen LogP contribution in [0.3, 0.4) is 0 Å². The molecule has 3 heteroatoms. The van der Waals surface area contributed by atoms with E-state index in [4.69, 9.17) is 9.90 Å². The van der Waals surface area contributed by atoms with Gasteiger partial charge < -0.3 is 5.11 Å². The van der Waals surface area contributed by atoms with Crippen molar-refractivity contribution in [2.24, 2.45) is 0 Å². The average Bonchev–Trinajstić information content (AvgIpc) is 0.918. The van der Waals surface area contributed by atoms with Crippen LogP contribution in [0.5, 0.6) is 0 Å². The van der Waals surface area contributed by atoms with E-state index in [1.807, 2.05) is 0 Å². The summed E-state index contributed by atoms with van der Waals surface area (Å²) in [7, 11) is 0. The fraction of sp³-hybridized carbons (Fsp3) is 0. The van der Waals surface area contributed by atoms with Gasteiger partial charge in [-0.1, -0.05) is 0 Å². The minimum absolute atomic E-state index is 0. The van der Waals surface area contributed by atoms with Gasteiger partial charge in [0.05, 0.1) is 0 Å². The molecule has 0 aliphatic heterocycles. The van der Waals surface area contributed by atoms with Crippen LogP contribution in [-0.4, -0.2) is 11.6 Å². The Morgan fingerprint density at radius 3 is 1.75 bits per heavy atom. The van der Waals surface area contributed by atoms with Gasteiger partial charge in [0.1, 0.15) is 0 Å². The van der Waals surface area contributed by atoms with E-state index < -0.39 is 0 Å². The molecule has 0 rings (SSSR count). The number of hydrogen-bond donors (Lipinski definition) is 1. The summed E-state index contributed by atoms with van der Waals surface area (Å²) in [4.78, 5) is 8.36. The van der Waals surface area contributed by atoms with Gasteiger partial charge in [-0.05, 0) is 0 Å². The first-order chi connectivity index (χ1) is 1.41. The zero-order chi connectivity index (χ0) is 2.71. The molecule has 0 bridgehead atoms. The van der Waals surface area contributed by atoms with Crippen molar-refractivity contribution < 1.29 is 29.4 Å². The zero-order valence-corrected chi connectivity index (χ0v) is 5.11. The molecule has 0 aliphatic carbocycles. The second-order valence-corrected chi connectivity index (χ2v) is 0.105. The first-order valence-corrected chi connectivity index (χ1v) is 0.494. The van der Waals surface area contributed by atoms with E-state index in [2.05, 4.69) is 0 Å². The summed E-state index contributed by atoms with van der Waals surface area (Å²) in [5, 5.41) is 6.89. The molecular formula is CH2O2Zn. The maximum Gasteiger partial charge on any atom is 0.290 e. The Kier molecular flexibility index (Phi) is 25.3. The molecule has 0 unspecified atom stereocenters. The zero-order valence-electron chi connectivity index (χ0n) is 2.14. The molecule has 2 nitrogen and oxygen atoms in total. The number of hydrogen-bond acceptors (Lipinski definition) is 1. The van der Waals surface area contributed by atoms with Crippen LogP contribution in [0.1, 0.15) is 0 Å². The summed E-state index contributed by atoms with van der Waals surface area (Å²) >= 11 is 0. The molecule has 0 fully saturated rings. The van der Waals surface area contributed by atoms with Crippen molar-refractivity contribution in [2.75, 3.05) is 0 Å². The van der Waals surface area contributed by atoms with Crippen molar-refractivity contribution in [3.05, 3.63) is 0 Å². The van der Waals surface area contributed by atoms with Crippen molar-refractivity contribution in [3.8, 4) is 0 Å². The summed E-state index contributed by atoms with van der Waals surface area (Å²) in [6, 6.07) is 0. The van der Waals surface area contributed by atoms with Crippen molar-refractivity contribution in [1.82, 2.24) is 0 Å². The van der Waals surface area contributed by atoms with Gasteiger partial charge >= 0.3 is 0 Å². The minimum Gasteiger partial charge on any atom is -0.483 e. The van der Waals surface area contributed by atoms with Gasteiger partial charge in [0.15, 0.2) is 0 Å². The quantitative estimate of drug-likeness (QED) is 0.344. The van der Waals surface area contributed by atoms with Gasteiger partial charge in [0.25, 0.3) is 6.47 Å². The molecule has 0 aromatic rings. The molecule has 0 aliphatic rings. The number of carbonyl (C=O) groups is 1. The predicted molar refractivity (Wildman–Crippen MR) is 8.69 cm³/mol. The topological polar surface area (TPSA) is 37.3 Å². The second kappa shape index (κ2) is 11.3. The maximum absolute atomic E-state index is 8.36. The minimum atomic E-state index is -0.250. The van der Waals surface area contributed by atoms with Crippen LogP contribution in [0.2, 0.25) is 0 Å². The molecular weight excluding hydrogens is 109 g/mol. The molecule has 20 valence electrons. The fourth-order valence-electron chi connectivity index (χ4n) is 0. The Bertz CT molecular complexity index is 13.5. The summed E-state index contributed by atoms with van der Waals surface area (Å²) in [5.41, 5.74) is 0. The predicted octanol–water partition coefficient (Wildman–Crippen LogP) is -0.302. The van der Waals surface area contributed by atoms with E-state index in [1.165, 1.54) is 0 Å². The molecule has 0 atom stereocenters. The van der Waals surface area contributed by atoms with Crippen LogP contribution in [-0.2, 0) is 24.3 Å². The normalized spacial score (nSPS) is 3.00. The molecule has 0 aromatic heterocycles. The first kappa shape index (κ1) is 8.94. The molecule has 1 N–H and O–H groups in total. The summed E-state index contributed by atoms with van der Waals surface area (Å²) in [6.07, 6.45) is 0. The van der Waals surface area contributed by atoms with Gasteiger partial charge in [0.2, 0.25) is 0 Å². The van der Waals surface area contributed by atoms with Crippen molar-refractivity contribution in [1.29, 1.82) is 0 Å². The van der Waals surface area contributed by atoms with E-state index in [0.29, 0.717) is 0 Å². The second-order valence-electron chi connectivity index (χ2n) is 0.105. The van der Waals surface area contributed by atoms with Crippen LogP contribution in [0, 0.1) is 0 Å². The van der Waals surface area contributed by atoms with Crippen LogP contribution in [0.25, 0.3) is 0 Å². The Labute approximate surface area is 36.6 Å². The van der Waals surface area contributed by atoms with E-state index in [0.717, 1.165) is 0 Å². The molecule has 0 spiro atoms. The van der Waals surface area contributed by atoms with Crippen LogP contribution >= 0.6 is 0 Å². The first-order valence-electron chi connectivity index (χ1n) is 0.494. The van der Waals surface area contributed by atoms with Crippen molar-refractivity contribution >= 4 is 6.47 Å². The third-order valence-electron chi connectivity index (χ3n) is 0. The molecule has 0 saturated carbocycles. The average molecular weight is 111 g/mol. The summed E-state index contributed by atoms with van der Waals surface area (Å²) < 4.78 is 0. The van der Waals surface area contributed by atoms with Gasteiger partial charge in [-0.3, -0.25) is 4.79 Å².